The molecule has 2 aromatic rings. The molecule has 0 saturated carbocycles. The zero-order valence-corrected chi connectivity index (χ0v) is 30.3. The molecular weight excluding hydrogens is 669 g/mol. The van der Waals surface area contributed by atoms with Gasteiger partial charge in [0.1, 0.15) is 17.3 Å². The number of carbonyl (C=O) groups excluding carboxylic acids is 1. The van der Waals surface area contributed by atoms with Gasteiger partial charge in [0.05, 0.1) is 17.8 Å². The second kappa shape index (κ2) is 19.7. The Bertz CT molecular complexity index is 1600. The molecule has 0 bridgehead atoms. The van der Waals surface area contributed by atoms with Crippen LogP contribution in [0.15, 0.2) is 97.0 Å². The minimum Gasteiger partial charge on any atom is -0.478 e. The molecule has 2 fully saturated rings. The number of amides is 1. The molecular formula is C38H48ClF3N4O4. The Morgan fingerprint density at radius 3 is 2.22 bits per heavy atom. The van der Waals surface area contributed by atoms with Crippen LogP contribution in [0, 0.1) is 5.92 Å². The summed E-state index contributed by atoms with van der Waals surface area (Å²) in [5, 5.41) is 14.6. The fourth-order valence-corrected chi connectivity index (χ4v) is 5.58. The monoisotopic (exact) mass is 716 g/mol. The first-order valence-corrected chi connectivity index (χ1v) is 17.0. The fourth-order valence-electron chi connectivity index (χ4n) is 5.42. The van der Waals surface area contributed by atoms with Crippen molar-refractivity contribution in [3.05, 3.63) is 114 Å². The molecule has 0 radical (unpaired) electrons. The Morgan fingerprint density at radius 1 is 1.12 bits per heavy atom. The van der Waals surface area contributed by atoms with Gasteiger partial charge >= 0.3 is 12.1 Å². The average Bonchev–Trinajstić information content (AvgIpc) is 3.67. The molecule has 1 amide bonds. The highest BCUT2D eigenvalue weighted by molar-refractivity contribution is 6.31. The highest BCUT2D eigenvalue weighted by Gasteiger charge is 2.47. The number of aromatic carboxylic acids is 1. The summed E-state index contributed by atoms with van der Waals surface area (Å²) in [6.07, 6.45) is 10.2. The molecule has 1 aromatic heterocycles. The molecule has 5 rings (SSSR count). The summed E-state index contributed by atoms with van der Waals surface area (Å²) >= 11 is 6.04. The van der Waals surface area contributed by atoms with Crippen LogP contribution in [-0.4, -0.2) is 57.1 Å². The summed E-state index contributed by atoms with van der Waals surface area (Å²) in [6, 6.07) is 6.20. The van der Waals surface area contributed by atoms with Gasteiger partial charge in [0.2, 0.25) is 0 Å². The van der Waals surface area contributed by atoms with Gasteiger partial charge in [-0.25, -0.2) is 22.8 Å². The van der Waals surface area contributed by atoms with Gasteiger partial charge in [-0.3, -0.25) is 14.5 Å². The van der Waals surface area contributed by atoms with Crippen molar-refractivity contribution < 1.29 is 32.6 Å². The summed E-state index contributed by atoms with van der Waals surface area (Å²) in [6.45, 7) is 22.2. The summed E-state index contributed by atoms with van der Waals surface area (Å²) in [5.41, 5.74) is 1.74. The van der Waals surface area contributed by atoms with Crippen molar-refractivity contribution >= 4 is 34.9 Å². The summed E-state index contributed by atoms with van der Waals surface area (Å²) in [5.74, 6) is -3.08. The number of rotatable bonds is 9. The maximum atomic E-state index is 14.1. The predicted octanol–water partition coefficient (Wildman–Crippen LogP) is 10.2. The SMILES string of the molecule is C=C(F)C(=C)c1cn(CC2C=CC(Cl)=CC2)nc1CN1CCC2(CC1)CN(c1ccc(C(=O)O)cc1)C(=O)O2.C=C/C(F)=C(\C)F.CC.CC. The second-order valence-corrected chi connectivity index (χ2v) is 11.8. The number of aromatic nitrogens is 2. The van der Waals surface area contributed by atoms with E-state index in [1.807, 2.05) is 50.7 Å². The second-order valence-electron chi connectivity index (χ2n) is 11.4. The van der Waals surface area contributed by atoms with Crippen molar-refractivity contribution in [2.24, 2.45) is 5.92 Å². The van der Waals surface area contributed by atoms with E-state index in [2.05, 4.69) is 30.7 Å². The van der Waals surface area contributed by atoms with Gasteiger partial charge < -0.3 is 9.84 Å². The van der Waals surface area contributed by atoms with Crippen molar-refractivity contribution in [3.63, 3.8) is 0 Å². The maximum Gasteiger partial charge on any atom is 0.415 e. The number of anilines is 1. The van der Waals surface area contributed by atoms with Crippen LogP contribution in [0.4, 0.5) is 23.7 Å². The highest BCUT2D eigenvalue weighted by atomic mass is 35.5. The van der Waals surface area contributed by atoms with Crippen LogP contribution in [0.5, 0.6) is 0 Å². The van der Waals surface area contributed by atoms with Crippen molar-refractivity contribution in [3.8, 4) is 0 Å². The molecule has 2 saturated heterocycles. The lowest BCUT2D eigenvalue weighted by molar-refractivity contribution is -0.00130. The summed E-state index contributed by atoms with van der Waals surface area (Å²) in [7, 11) is 0. The largest absolute Gasteiger partial charge is 0.478 e. The van der Waals surface area contributed by atoms with Gasteiger partial charge in [0, 0.05) is 73.0 Å². The number of nitrogens with zero attached hydrogens (tertiary/aromatic N) is 4. The first-order chi connectivity index (χ1) is 23.8. The third-order valence-corrected chi connectivity index (χ3v) is 8.38. The third kappa shape index (κ3) is 11.3. The Balaban J connectivity index is 0.000000695. The van der Waals surface area contributed by atoms with Crippen molar-refractivity contribution in [2.45, 2.75) is 72.6 Å². The van der Waals surface area contributed by atoms with Crippen LogP contribution in [0.1, 0.15) is 75.5 Å². The van der Waals surface area contributed by atoms with Crippen molar-refractivity contribution in [1.29, 1.82) is 0 Å². The first-order valence-electron chi connectivity index (χ1n) is 16.7. The Labute approximate surface area is 298 Å². The van der Waals surface area contributed by atoms with E-state index in [9.17, 15) is 22.8 Å². The van der Waals surface area contributed by atoms with E-state index in [4.69, 9.17) is 26.5 Å². The lowest BCUT2D eigenvalue weighted by Crippen LogP contribution is -2.46. The molecule has 1 spiro atoms. The molecule has 3 aliphatic rings. The van der Waals surface area contributed by atoms with Gasteiger partial charge in [0.15, 0.2) is 5.83 Å². The number of halogens is 4. The minimum atomic E-state index is -1.02. The molecule has 8 nitrogen and oxygen atoms in total. The maximum absolute atomic E-state index is 14.1. The summed E-state index contributed by atoms with van der Waals surface area (Å²) < 4.78 is 44.9. The van der Waals surface area contributed by atoms with Gasteiger partial charge in [-0.1, -0.05) is 71.2 Å². The van der Waals surface area contributed by atoms with E-state index < -0.39 is 35.1 Å². The van der Waals surface area contributed by atoms with E-state index in [0.29, 0.717) is 56.8 Å². The van der Waals surface area contributed by atoms with Crippen LogP contribution in [0.2, 0.25) is 0 Å². The first kappa shape index (κ1) is 41.8. The molecule has 272 valence electrons. The number of allylic oxidation sites excluding steroid dienone is 9. The number of benzene rings is 1. The minimum absolute atomic E-state index is 0.159. The Hall–Kier alpha value is -4.35. The number of hydrogen-bond acceptors (Lipinski definition) is 5. The number of ether oxygens (including phenoxy) is 1. The van der Waals surface area contributed by atoms with E-state index >= 15 is 0 Å². The average molecular weight is 717 g/mol. The lowest BCUT2D eigenvalue weighted by atomic mass is 9.91. The molecule has 1 N–H and O–H groups in total. The normalized spacial score (nSPS) is 18.2. The van der Waals surface area contributed by atoms with Gasteiger partial charge in [-0.05, 0) is 49.8 Å². The van der Waals surface area contributed by atoms with E-state index in [-0.39, 0.29) is 17.1 Å². The van der Waals surface area contributed by atoms with E-state index in [1.54, 1.807) is 17.0 Å². The fraction of sp³-hybridized carbons (Fsp3) is 0.395. The molecule has 50 heavy (non-hydrogen) atoms. The molecule has 12 heteroatoms. The number of carboxylic acid groups (broad SMARTS) is 1. The topological polar surface area (TPSA) is 87.9 Å². The molecule has 1 unspecified atom stereocenters. The van der Waals surface area contributed by atoms with E-state index in [0.717, 1.165) is 30.1 Å². The van der Waals surface area contributed by atoms with Crippen LogP contribution in [-0.2, 0) is 17.8 Å². The number of hydrogen-bond donors (Lipinski definition) is 1. The third-order valence-electron chi connectivity index (χ3n) is 8.10. The summed E-state index contributed by atoms with van der Waals surface area (Å²) in [4.78, 5) is 27.6. The Morgan fingerprint density at radius 2 is 1.74 bits per heavy atom. The lowest BCUT2D eigenvalue weighted by Gasteiger charge is -2.37. The quantitative estimate of drug-likeness (QED) is 0.260. The number of carboxylic acids is 1. The number of likely N-dealkylation sites (tertiary alicyclic amines) is 1. The predicted molar refractivity (Wildman–Crippen MR) is 195 cm³/mol. The van der Waals surface area contributed by atoms with Gasteiger partial charge in [-0.15, -0.1) is 0 Å². The highest BCUT2D eigenvalue weighted by Crippen LogP contribution is 2.36. The van der Waals surface area contributed by atoms with Crippen LogP contribution >= 0.6 is 11.6 Å². The smallest absolute Gasteiger partial charge is 0.415 e. The van der Waals surface area contributed by atoms with Crippen molar-refractivity contribution in [1.82, 2.24) is 14.7 Å². The van der Waals surface area contributed by atoms with E-state index in [1.165, 1.54) is 12.1 Å². The van der Waals surface area contributed by atoms with Gasteiger partial charge in [-0.2, -0.15) is 5.10 Å². The molecule has 1 atom stereocenters. The van der Waals surface area contributed by atoms with Crippen molar-refractivity contribution in [2.75, 3.05) is 24.5 Å². The Kier molecular flexibility index (Phi) is 16.5. The van der Waals surface area contributed by atoms with Crippen LogP contribution < -0.4 is 4.90 Å². The van der Waals surface area contributed by atoms with Crippen LogP contribution in [0.25, 0.3) is 5.57 Å². The molecule has 2 aliphatic heterocycles. The van der Waals surface area contributed by atoms with Gasteiger partial charge in [0.25, 0.3) is 0 Å². The molecule has 1 aromatic carbocycles. The molecule has 3 heterocycles. The molecule has 1 aliphatic carbocycles. The zero-order valence-electron chi connectivity index (χ0n) is 29.5. The zero-order chi connectivity index (χ0) is 37.6. The number of carbonyl (C=O) groups is 2. The number of piperidine rings is 1. The van der Waals surface area contributed by atoms with Crippen LogP contribution in [0.3, 0.4) is 0 Å². The standard InChI is InChI=1S/C29H30ClFN4O4.C5H6F2.2C2H6/c1-19(20(2)31)25-16-34(15-21-3-7-23(30)8-4-21)32-26(25)17-33-13-11-29(12-14-33)18-35(28(38)39-29)24-9-5-22(6-10-24)27(36)37;1-3-5(7)4(2)6;2*1-2/h3,5-10,16,21H,1-2,4,11-15,17-18H2,(H,36,37);3H,1H2,2H3;2*1-2H3/b;5-4-;;.